The Kier molecular flexibility index (Phi) is 5.46. The Labute approximate surface area is 125 Å². The van der Waals surface area contributed by atoms with Crippen LogP contribution in [0.3, 0.4) is 0 Å². The third-order valence-electron chi connectivity index (χ3n) is 3.32. The van der Waals surface area contributed by atoms with Crippen molar-refractivity contribution in [3.63, 3.8) is 0 Å². The molecule has 2 atom stereocenters. The Morgan fingerprint density at radius 2 is 2.10 bits per heavy atom. The summed E-state index contributed by atoms with van der Waals surface area (Å²) < 4.78 is 11.7. The van der Waals surface area contributed by atoms with Crippen LogP contribution in [-0.2, 0) is 4.74 Å². The van der Waals surface area contributed by atoms with E-state index in [9.17, 15) is 0 Å². The van der Waals surface area contributed by atoms with E-state index in [1.165, 1.54) is 0 Å². The fourth-order valence-electron chi connectivity index (χ4n) is 2.34. The van der Waals surface area contributed by atoms with E-state index >= 15 is 0 Å². The lowest BCUT2D eigenvalue weighted by Gasteiger charge is -2.23. The summed E-state index contributed by atoms with van der Waals surface area (Å²) >= 11 is 6.02. The number of fused-ring (bicyclic) bond motifs is 1. The van der Waals surface area contributed by atoms with E-state index < -0.39 is 0 Å². The first-order chi connectivity index (χ1) is 9.65. The molecule has 0 bridgehead atoms. The molecule has 0 saturated carbocycles. The molecule has 1 N–H and O–H groups in total. The van der Waals surface area contributed by atoms with Crippen LogP contribution in [0.1, 0.15) is 39.0 Å². The molecule has 20 heavy (non-hydrogen) atoms. The molecular formula is C16H22ClNO2. The molecule has 3 nitrogen and oxygen atoms in total. The summed E-state index contributed by atoms with van der Waals surface area (Å²) in [5.74, 6) is 0.900. The minimum atomic E-state index is 0.0566. The van der Waals surface area contributed by atoms with Gasteiger partial charge in [-0.05, 0) is 51.1 Å². The summed E-state index contributed by atoms with van der Waals surface area (Å²) in [6.45, 7) is 7.84. The van der Waals surface area contributed by atoms with Gasteiger partial charge in [0.25, 0.3) is 0 Å². The maximum Gasteiger partial charge on any atom is 0.134 e. The van der Waals surface area contributed by atoms with Crippen LogP contribution in [0.5, 0.6) is 0 Å². The summed E-state index contributed by atoms with van der Waals surface area (Å²) in [6, 6.07) is 7.78. The minimum absolute atomic E-state index is 0.0566. The van der Waals surface area contributed by atoms with Gasteiger partial charge < -0.3 is 14.5 Å². The van der Waals surface area contributed by atoms with E-state index in [1.807, 2.05) is 31.2 Å². The fraction of sp³-hybridized carbons (Fsp3) is 0.500. The van der Waals surface area contributed by atoms with E-state index in [-0.39, 0.29) is 12.1 Å². The number of furan rings is 1. The average Bonchev–Trinajstić information content (AvgIpc) is 2.82. The van der Waals surface area contributed by atoms with Crippen molar-refractivity contribution in [3.05, 3.63) is 35.0 Å². The zero-order valence-electron chi connectivity index (χ0n) is 12.3. The highest BCUT2D eigenvalue weighted by Crippen LogP contribution is 2.28. The molecule has 110 valence electrons. The van der Waals surface area contributed by atoms with Gasteiger partial charge in [-0.1, -0.05) is 18.5 Å². The van der Waals surface area contributed by atoms with Gasteiger partial charge in [0.05, 0.1) is 12.1 Å². The normalized spacial score (nSPS) is 14.6. The summed E-state index contributed by atoms with van der Waals surface area (Å²) in [7, 11) is 0. The number of rotatable bonds is 7. The number of nitrogens with one attached hydrogen (secondary N) is 1. The highest BCUT2D eigenvalue weighted by atomic mass is 35.5. The zero-order valence-corrected chi connectivity index (χ0v) is 13.0. The Morgan fingerprint density at radius 1 is 1.30 bits per heavy atom. The van der Waals surface area contributed by atoms with E-state index in [0.717, 1.165) is 34.7 Å². The van der Waals surface area contributed by atoms with Crippen molar-refractivity contribution in [1.29, 1.82) is 0 Å². The summed E-state index contributed by atoms with van der Waals surface area (Å²) in [4.78, 5) is 0. The molecule has 1 aromatic heterocycles. The van der Waals surface area contributed by atoms with E-state index in [4.69, 9.17) is 20.8 Å². The molecule has 0 spiro atoms. The van der Waals surface area contributed by atoms with Gasteiger partial charge in [-0.25, -0.2) is 0 Å². The Hall–Kier alpha value is -1.03. The minimum Gasteiger partial charge on any atom is -0.459 e. The first-order valence-corrected chi connectivity index (χ1v) is 7.57. The predicted molar refractivity (Wildman–Crippen MR) is 83.3 cm³/mol. The van der Waals surface area contributed by atoms with Gasteiger partial charge in [0.15, 0.2) is 0 Å². The number of ether oxygens (including phenoxy) is 1. The highest BCUT2D eigenvalue weighted by Gasteiger charge is 2.22. The molecular weight excluding hydrogens is 274 g/mol. The van der Waals surface area contributed by atoms with Crippen LogP contribution < -0.4 is 5.32 Å². The van der Waals surface area contributed by atoms with Crippen LogP contribution in [0.15, 0.2) is 28.7 Å². The second-order valence-corrected chi connectivity index (χ2v) is 5.36. The third kappa shape index (κ3) is 3.54. The Bertz CT molecular complexity index is 552. The summed E-state index contributed by atoms with van der Waals surface area (Å²) in [5.41, 5.74) is 0.858. The molecule has 0 aliphatic heterocycles. The van der Waals surface area contributed by atoms with Gasteiger partial charge in [0.1, 0.15) is 11.3 Å². The maximum absolute atomic E-state index is 6.02. The smallest absolute Gasteiger partial charge is 0.134 e. The van der Waals surface area contributed by atoms with Crippen molar-refractivity contribution < 1.29 is 9.15 Å². The lowest BCUT2D eigenvalue weighted by molar-refractivity contribution is 0.0418. The molecule has 1 aromatic carbocycles. The molecule has 0 amide bonds. The average molecular weight is 296 g/mol. The van der Waals surface area contributed by atoms with Crippen LogP contribution >= 0.6 is 11.6 Å². The molecule has 0 radical (unpaired) electrons. The second kappa shape index (κ2) is 7.11. The van der Waals surface area contributed by atoms with Crippen LogP contribution in [0, 0.1) is 0 Å². The molecule has 4 heteroatoms. The van der Waals surface area contributed by atoms with Gasteiger partial charge in [-0.2, -0.15) is 0 Å². The van der Waals surface area contributed by atoms with Gasteiger partial charge in [-0.3, -0.25) is 0 Å². The first kappa shape index (κ1) is 15.4. The lowest BCUT2D eigenvalue weighted by Crippen LogP contribution is -2.32. The summed E-state index contributed by atoms with van der Waals surface area (Å²) in [6.07, 6.45) is 1.13. The molecule has 1 heterocycles. The zero-order chi connectivity index (χ0) is 14.5. The third-order valence-corrected chi connectivity index (χ3v) is 3.55. The quantitative estimate of drug-likeness (QED) is 0.813. The van der Waals surface area contributed by atoms with Crippen LogP contribution in [0.2, 0.25) is 5.02 Å². The molecule has 0 aliphatic rings. The van der Waals surface area contributed by atoms with Crippen LogP contribution in [0.25, 0.3) is 11.0 Å². The molecule has 2 aromatic rings. The van der Waals surface area contributed by atoms with Crippen molar-refractivity contribution in [3.8, 4) is 0 Å². The molecule has 0 aliphatic carbocycles. The topological polar surface area (TPSA) is 34.4 Å². The largest absolute Gasteiger partial charge is 0.459 e. The van der Waals surface area contributed by atoms with Gasteiger partial charge in [-0.15, -0.1) is 0 Å². The number of halogens is 1. The van der Waals surface area contributed by atoms with Crippen LogP contribution in [-0.4, -0.2) is 19.3 Å². The van der Waals surface area contributed by atoms with Crippen molar-refractivity contribution in [2.45, 2.75) is 39.3 Å². The van der Waals surface area contributed by atoms with Crippen molar-refractivity contribution in [1.82, 2.24) is 5.32 Å². The standard InChI is InChI=1S/C16H22ClNO2/c1-4-8-18-16(11(3)19-5-2)15-10-12-9-13(17)6-7-14(12)20-15/h6-7,9-11,16,18H,4-5,8H2,1-3H3. The van der Waals surface area contributed by atoms with Crippen LogP contribution in [0.4, 0.5) is 0 Å². The van der Waals surface area contributed by atoms with Gasteiger partial charge in [0, 0.05) is 17.0 Å². The van der Waals surface area contributed by atoms with Crippen molar-refractivity contribution in [2.24, 2.45) is 0 Å². The van der Waals surface area contributed by atoms with E-state index in [2.05, 4.69) is 19.2 Å². The predicted octanol–water partition coefficient (Wildman–Crippen LogP) is 4.55. The Balaban J connectivity index is 2.29. The monoisotopic (exact) mass is 295 g/mol. The molecule has 0 fully saturated rings. The molecule has 2 unspecified atom stereocenters. The lowest BCUT2D eigenvalue weighted by atomic mass is 10.1. The summed E-state index contributed by atoms with van der Waals surface area (Å²) in [5, 5.41) is 5.24. The maximum atomic E-state index is 6.02. The number of hydrogen-bond acceptors (Lipinski definition) is 3. The fourth-order valence-corrected chi connectivity index (χ4v) is 2.53. The van der Waals surface area contributed by atoms with E-state index in [1.54, 1.807) is 0 Å². The number of benzene rings is 1. The number of hydrogen-bond donors (Lipinski definition) is 1. The van der Waals surface area contributed by atoms with E-state index in [0.29, 0.717) is 6.61 Å². The second-order valence-electron chi connectivity index (χ2n) is 4.92. The van der Waals surface area contributed by atoms with Crippen molar-refractivity contribution >= 4 is 22.6 Å². The van der Waals surface area contributed by atoms with Gasteiger partial charge in [0.2, 0.25) is 0 Å². The highest BCUT2D eigenvalue weighted by molar-refractivity contribution is 6.31. The Morgan fingerprint density at radius 3 is 2.80 bits per heavy atom. The molecule has 2 rings (SSSR count). The van der Waals surface area contributed by atoms with Gasteiger partial charge >= 0.3 is 0 Å². The molecule has 0 saturated heterocycles. The van der Waals surface area contributed by atoms with Crippen molar-refractivity contribution in [2.75, 3.05) is 13.2 Å². The first-order valence-electron chi connectivity index (χ1n) is 7.19. The SMILES string of the molecule is CCCNC(c1cc2cc(Cl)ccc2o1)C(C)OCC.